The monoisotopic (exact) mass is 477 g/mol. The molecule has 31 heavy (non-hydrogen) atoms. The van der Waals surface area contributed by atoms with E-state index < -0.39 is 10.0 Å². The molecule has 162 valence electrons. The summed E-state index contributed by atoms with van der Waals surface area (Å²) < 4.78 is 43.2. The molecule has 3 aromatic rings. The van der Waals surface area contributed by atoms with Crippen LogP contribution in [0.1, 0.15) is 29.5 Å². The Kier molecular flexibility index (Phi) is 6.29. The molecule has 1 atom stereocenters. The Balaban J connectivity index is 1.72. The van der Waals surface area contributed by atoms with Crippen molar-refractivity contribution in [1.29, 1.82) is 0 Å². The van der Waals surface area contributed by atoms with E-state index in [1.54, 1.807) is 24.3 Å². The highest BCUT2D eigenvalue weighted by Crippen LogP contribution is 2.38. The first-order chi connectivity index (χ1) is 14.8. The minimum Gasteiger partial charge on any atom is -0.263 e. The van der Waals surface area contributed by atoms with E-state index in [4.69, 9.17) is 23.2 Å². The van der Waals surface area contributed by atoms with E-state index in [-0.39, 0.29) is 16.8 Å². The fourth-order valence-corrected chi connectivity index (χ4v) is 6.10. The molecule has 0 radical (unpaired) electrons. The van der Waals surface area contributed by atoms with Gasteiger partial charge in [0.15, 0.2) is 0 Å². The molecule has 3 nitrogen and oxygen atoms in total. The third-order valence-corrected chi connectivity index (χ3v) is 8.06. The smallest absolute Gasteiger partial charge is 0.263 e. The summed E-state index contributed by atoms with van der Waals surface area (Å²) in [4.78, 5) is 0.189. The largest absolute Gasteiger partial charge is 0.264 e. The Labute approximate surface area is 192 Å². The number of sulfonamides is 1. The molecule has 0 aromatic heterocycles. The topological polar surface area (TPSA) is 37.4 Å². The summed E-state index contributed by atoms with van der Waals surface area (Å²) >= 11 is 11.8. The normalized spacial score (nSPS) is 16.3. The lowest BCUT2D eigenvalue weighted by molar-refractivity contribution is 0.517. The lowest BCUT2D eigenvalue weighted by Crippen LogP contribution is -2.44. The molecular weight excluding hydrogens is 456 g/mol. The molecular formula is C24H22Cl2FNO2S. The van der Waals surface area contributed by atoms with Crippen LogP contribution in [0.2, 0.25) is 10.0 Å². The Morgan fingerprint density at radius 1 is 1.00 bits per heavy atom. The summed E-state index contributed by atoms with van der Waals surface area (Å²) in [6, 6.07) is 16.4. The van der Waals surface area contributed by atoms with Crippen LogP contribution in [0.3, 0.4) is 0 Å². The second-order valence-electron chi connectivity index (χ2n) is 7.85. The Hall–Kier alpha value is -2.08. The van der Waals surface area contributed by atoms with Crippen LogP contribution in [-0.4, -0.2) is 14.5 Å². The first-order valence-corrected chi connectivity index (χ1v) is 12.3. The van der Waals surface area contributed by atoms with Gasteiger partial charge in [-0.1, -0.05) is 41.4 Å². The van der Waals surface area contributed by atoms with Gasteiger partial charge < -0.3 is 0 Å². The number of halogens is 3. The van der Waals surface area contributed by atoms with Gasteiger partial charge in [-0.15, -0.1) is 0 Å². The van der Waals surface area contributed by atoms with Gasteiger partial charge in [0.2, 0.25) is 0 Å². The Morgan fingerprint density at radius 2 is 1.71 bits per heavy atom. The second kappa shape index (κ2) is 8.81. The van der Waals surface area contributed by atoms with E-state index in [9.17, 15) is 12.8 Å². The number of rotatable bonds is 5. The van der Waals surface area contributed by atoms with Crippen molar-refractivity contribution in [3.05, 3.63) is 93.2 Å². The maximum Gasteiger partial charge on any atom is 0.264 e. The summed E-state index contributed by atoms with van der Waals surface area (Å²) in [5.41, 5.74) is 3.21. The number of hydrogen-bond acceptors (Lipinski definition) is 2. The average Bonchev–Trinajstić information content (AvgIpc) is 2.72. The maximum absolute atomic E-state index is 14.3. The zero-order chi connectivity index (χ0) is 22.2. The number of nitrogens with zero attached hydrogens (tertiary/aromatic N) is 1. The van der Waals surface area contributed by atoms with E-state index in [1.807, 2.05) is 25.1 Å². The molecule has 0 spiro atoms. The lowest BCUT2D eigenvalue weighted by atomic mass is 9.93. The minimum absolute atomic E-state index is 0.189. The van der Waals surface area contributed by atoms with Gasteiger partial charge in [0, 0.05) is 16.1 Å². The van der Waals surface area contributed by atoms with Crippen molar-refractivity contribution in [2.75, 3.05) is 4.31 Å². The molecule has 0 saturated carbocycles. The van der Waals surface area contributed by atoms with E-state index in [1.165, 1.54) is 22.5 Å². The van der Waals surface area contributed by atoms with Gasteiger partial charge in [-0.05, 0) is 91.8 Å². The third-order valence-electron chi connectivity index (χ3n) is 5.69. The third kappa shape index (κ3) is 4.59. The van der Waals surface area contributed by atoms with Crippen LogP contribution < -0.4 is 4.31 Å². The van der Waals surface area contributed by atoms with Crippen LogP contribution in [0.25, 0.3) is 0 Å². The minimum atomic E-state index is -3.82. The van der Waals surface area contributed by atoms with Crippen LogP contribution in [0.15, 0.2) is 65.6 Å². The molecule has 1 aliphatic heterocycles. The van der Waals surface area contributed by atoms with Gasteiger partial charge in [0.1, 0.15) is 5.82 Å². The predicted octanol–water partition coefficient (Wildman–Crippen LogP) is 6.58. The summed E-state index contributed by atoms with van der Waals surface area (Å²) in [5.74, 6) is -0.369. The molecule has 0 bridgehead atoms. The van der Waals surface area contributed by atoms with Gasteiger partial charge >= 0.3 is 0 Å². The second-order valence-corrected chi connectivity index (χ2v) is 10.5. The van der Waals surface area contributed by atoms with E-state index in [0.29, 0.717) is 40.6 Å². The number of aryl methyl sites for hydroxylation is 3. The predicted molar refractivity (Wildman–Crippen MR) is 124 cm³/mol. The van der Waals surface area contributed by atoms with E-state index in [2.05, 4.69) is 0 Å². The van der Waals surface area contributed by atoms with Crippen LogP contribution in [0, 0.1) is 12.7 Å². The highest BCUT2D eigenvalue weighted by molar-refractivity contribution is 7.92. The molecule has 4 rings (SSSR count). The highest BCUT2D eigenvalue weighted by Gasteiger charge is 2.36. The highest BCUT2D eigenvalue weighted by atomic mass is 35.5. The fourth-order valence-electron chi connectivity index (χ4n) is 4.08. The van der Waals surface area contributed by atoms with E-state index >= 15 is 0 Å². The summed E-state index contributed by atoms with van der Waals surface area (Å²) in [5, 5.41) is 0.818. The van der Waals surface area contributed by atoms with Crippen molar-refractivity contribution in [3.8, 4) is 0 Å². The number of benzene rings is 3. The van der Waals surface area contributed by atoms with Crippen LogP contribution in [0.5, 0.6) is 0 Å². The Bertz CT molecular complexity index is 1210. The SMILES string of the molecule is Cc1ccc2c(c1)N(S(=O)(=O)c1ccc(Cl)cc1)C(CCc1ccc(Cl)cc1F)CC2. The molecule has 0 aliphatic carbocycles. The maximum atomic E-state index is 14.3. The number of anilines is 1. The standard InChI is InChI=1S/C24H22Cl2FNO2S/c1-16-2-3-18-6-11-21(10-5-17-4-7-20(26)15-23(17)27)28(24(18)14-16)31(29,30)22-12-8-19(25)9-13-22/h2-4,7-9,12-15,21H,5-6,10-11H2,1H3. The lowest BCUT2D eigenvalue weighted by Gasteiger charge is -2.38. The van der Waals surface area contributed by atoms with Crippen LogP contribution >= 0.6 is 23.2 Å². The molecule has 1 heterocycles. The number of fused-ring (bicyclic) bond motifs is 1. The van der Waals surface area contributed by atoms with Gasteiger partial charge in [0.25, 0.3) is 10.0 Å². The first kappa shape index (κ1) is 22.1. The van der Waals surface area contributed by atoms with Crippen LogP contribution in [-0.2, 0) is 22.9 Å². The quantitative estimate of drug-likeness (QED) is 0.415. The molecule has 3 aromatic carbocycles. The molecule has 0 N–H and O–H groups in total. The van der Waals surface area contributed by atoms with Crippen molar-refractivity contribution in [1.82, 2.24) is 0 Å². The molecule has 7 heteroatoms. The zero-order valence-corrected chi connectivity index (χ0v) is 19.3. The first-order valence-electron chi connectivity index (χ1n) is 10.1. The van der Waals surface area contributed by atoms with Crippen molar-refractivity contribution in [2.24, 2.45) is 0 Å². The van der Waals surface area contributed by atoms with Gasteiger partial charge in [-0.2, -0.15) is 0 Å². The average molecular weight is 478 g/mol. The molecule has 0 saturated heterocycles. The van der Waals surface area contributed by atoms with Crippen molar-refractivity contribution in [2.45, 2.75) is 43.5 Å². The summed E-state index contributed by atoms with van der Waals surface area (Å²) in [6.45, 7) is 1.94. The van der Waals surface area contributed by atoms with E-state index in [0.717, 1.165) is 17.5 Å². The number of hydrogen-bond donors (Lipinski definition) is 0. The van der Waals surface area contributed by atoms with Crippen molar-refractivity contribution < 1.29 is 12.8 Å². The Morgan fingerprint density at radius 3 is 2.42 bits per heavy atom. The fraction of sp³-hybridized carbons (Fsp3) is 0.250. The molecule has 0 fully saturated rings. The van der Waals surface area contributed by atoms with Crippen molar-refractivity contribution in [3.63, 3.8) is 0 Å². The summed E-state index contributed by atoms with van der Waals surface area (Å²) in [7, 11) is -3.82. The molecule has 1 aliphatic rings. The van der Waals surface area contributed by atoms with Crippen molar-refractivity contribution >= 4 is 38.9 Å². The summed E-state index contributed by atoms with van der Waals surface area (Å²) in [6.07, 6.45) is 2.36. The van der Waals surface area contributed by atoms with Gasteiger partial charge in [0.05, 0.1) is 10.6 Å². The van der Waals surface area contributed by atoms with Crippen LogP contribution in [0.4, 0.5) is 10.1 Å². The molecule has 0 amide bonds. The van der Waals surface area contributed by atoms with Gasteiger partial charge in [-0.3, -0.25) is 4.31 Å². The zero-order valence-electron chi connectivity index (χ0n) is 17.0. The molecule has 1 unspecified atom stereocenters. The van der Waals surface area contributed by atoms with Gasteiger partial charge in [-0.25, -0.2) is 12.8 Å².